The number of hydrogen-bond donors (Lipinski definition) is 0. The zero-order valence-electron chi connectivity index (χ0n) is 9.68. The van der Waals surface area contributed by atoms with E-state index in [1.165, 1.54) is 11.1 Å². The second-order valence-corrected chi connectivity index (χ2v) is 3.94. The summed E-state index contributed by atoms with van der Waals surface area (Å²) in [4.78, 5) is 0. The lowest BCUT2D eigenvalue weighted by molar-refractivity contribution is 0.291. The summed E-state index contributed by atoms with van der Waals surface area (Å²) in [7, 11) is 0. The standard InChI is InChI=1S/C13H16N2O/c1-11-8-12(2)10-13(9-11)16-7-6-15-5-3-4-14-15/h3-5,8-10H,6-7H2,1-2H3. The highest BCUT2D eigenvalue weighted by Gasteiger charge is 1.97. The number of nitrogens with zero attached hydrogens (tertiary/aromatic N) is 2. The molecule has 0 spiro atoms. The van der Waals surface area contributed by atoms with Crippen LogP contribution < -0.4 is 4.74 Å². The number of hydrogen-bond acceptors (Lipinski definition) is 2. The molecule has 0 atom stereocenters. The SMILES string of the molecule is Cc1cc(C)cc(OCCn2cccn2)c1. The van der Waals surface area contributed by atoms with E-state index in [2.05, 4.69) is 37.1 Å². The summed E-state index contributed by atoms with van der Waals surface area (Å²) in [5.41, 5.74) is 2.46. The molecule has 0 bridgehead atoms. The van der Waals surface area contributed by atoms with Gasteiger partial charge in [0.25, 0.3) is 0 Å². The molecule has 0 unspecified atom stereocenters. The summed E-state index contributed by atoms with van der Waals surface area (Å²) in [6, 6.07) is 8.16. The minimum Gasteiger partial charge on any atom is -0.492 e. The highest BCUT2D eigenvalue weighted by atomic mass is 16.5. The topological polar surface area (TPSA) is 27.1 Å². The largest absolute Gasteiger partial charge is 0.492 e. The van der Waals surface area contributed by atoms with Crippen LogP contribution in [0.25, 0.3) is 0 Å². The lowest BCUT2D eigenvalue weighted by atomic mass is 10.1. The number of aryl methyl sites for hydroxylation is 2. The minimum absolute atomic E-state index is 0.643. The summed E-state index contributed by atoms with van der Waals surface area (Å²) in [6.45, 7) is 5.57. The van der Waals surface area contributed by atoms with Crippen molar-refractivity contribution in [2.45, 2.75) is 20.4 Å². The van der Waals surface area contributed by atoms with Crippen molar-refractivity contribution in [1.29, 1.82) is 0 Å². The fourth-order valence-corrected chi connectivity index (χ4v) is 1.71. The Labute approximate surface area is 95.7 Å². The molecule has 1 aromatic heterocycles. The minimum atomic E-state index is 0.643. The normalized spacial score (nSPS) is 10.4. The first-order valence-corrected chi connectivity index (χ1v) is 5.42. The van der Waals surface area contributed by atoms with Crippen LogP contribution in [0.4, 0.5) is 0 Å². The van der Waals surface area contributed by atoms with Crippen LogP contribution in [0, 0.1) is 13.8 Å². The lowest BCUT2D eigenvalue weighted by Gasteiger charge is -2.08. The molecule has 0 N–H and O–H groups in total. The van der Waals surface area contributed by atoms with Crippen LogP contribution in [0.5, 0.6) is 5.75 Å². The van der Waals surface area contributed by atoms with E-state index in [-0.39, 0.29) is 0 Å². The van der Waals surface area contributed by atoms with Crippen molar-refractivity contribution < 1.29 is 4.74 Å². The van der Waals surface area contributed by atoms with Crippen LogP contribution in [-0.4, -0.2) is 16.4 Å². The molecule has 84 valence electrons. The molecule has 0 amide bonds. The van der Waals surface area contributed by atoms with Crippen molar-refractivity contribution in [2.24, 2.45) is 0 Å². The quantitative estimate of drug-likeness (QED) is 0.785. The predicted octanol–water partition coefficient (Wildman–Crippen LogP) is 2.58. The van der Waals surface area contributed by atoms with Gasteiger partial charge in [-0.25, -0.2) is 0 Å². The van der Waals surface area contributed by atoms with Gasteiger partial charge in [-0.3, -0.25) is 4.68 Å². The summed E-state index contributed by atoms with van der Waals surface area (Å²) in [5, 5.41) is 4.12. The van der Waals surface area contributed by atoms with Gasteiger partial charge < -0.3 is 4.74 Å². The van der Waals surface area contributed by atoms with Gasteiger partial charge in [0.2, 0.25) is 0 Å². The molecule has 0 saturated heterocycles. The Morgan fingerprint density at radius 1 is 1.19 bits per heavy atom. The van der Waals surface area contributed by atoms with Crippen LogP contribution >= 0.6 is 0 Å². The van der Waals surface area contributed by atoms with Gasteiger partial charge >= 0.3 is 0 Å². The smallest absolute Gasteiger partial charge is 0.119 e. The number of rotatable bonds is 4. The third kappa shape index (κ3) is 2.86. The molecule has 0 aliphatic heterocycles. The Bertz CT molecular complexity index is 429. The van der Waals surface area contributed by atoms with Crippen molar-refractivity contribution in [2.75, 3.05) is 6.61 Å². The van der Waals surface area contributed by atoms with Crippen molar-refractivity contribution in [3.8, 4) is 5.75 Å². The van der Waals surface area contributed by atoms with Crippen molar-refractivity contribution in [3.05, 3.63) is 47.8 Å². The number of aromatic nitrogens is 2. The Morgan fingerprint density at radius 3 is 2.56 bits per heavy atom. The Hall–Kier alpha value is -1.77. The first kappa shape index (κ1) is 10.7. The van der Waals surface area contributed by atoms with Gasteiger partial charge in [0.1, 0.15) is 12.4 Å². The zero-order valence-corrected chi connectivity index (χ0v) is 9.68. The Morgan fingerprint density at radius 2 is 1.94 bits per heavy atom. The monoisotopic (exact) mass is 216 g/mol. The van der Waals surface area contributed by atoms with Gasteiger partial charge in [-0.05, 0) is 43.2 Å². The van der Waals surface area contributed by atoms with E-state index in [1.807, 2.05) is 16.9 Å². The Kier molecular flexibility index (Phi) is 3.25. The van der Waals surface area contributed by atoms with Crippen molar-refractivity contribution in [3.63, 3.8) is 0 Å². The molecule has 0 aliphatic rings. The fourth-order valence-electron chi connectivity index (χ4n) is 1.71. The third-order valence-electron chi connectivity index (χ3n) is 2.34. The first-order chi connectivity index (χ1) is 7.74. The second-order valence-electron chi connectivity index (χ2n) is 3.94. The fraction of sp³-hybridized carbons (Fsp3) is 0.308. The summed E-state index contributed by atoms with van der Waals surface area (Å²) >= 11 is 0. The second kappa shape index (κ2) is 4.84. The highest BCUT2D eigenvalue weighted by molar-refractivity contribution is 5.32. The average molecular weight is 216 g/mol. The Balaban J connectivity index is 1.89. The van der Waals surface area contributed by atoms with Crippen molar-refractivity contribution >= 4 is 0 Å². The van der Waals surface area contributed by atoms with Gasteiger partial charge in [0, 0.05) is 12.4 Å². The molecule has 2 rings (SSSR count). The van der Waals surface area contributed by atoms with Gasteiger partial charge in [-0.1, -0.05) is 6.07 Å². The van der Waals surface area contributed by atoms with Gasteiger partial charge in [0.15, 0.2) is 0 Å². The first-order valence-electron chi connectivity index (χ1n) is 5.42. The highest BCUT2D eigenvalue weighted by Crippen LogP contribution is 2.15. The van der Waals surface area contributed by atoms with E-state index in [0.717, 1.165) is 12.3 Å². The van der Waals surface area contributed by atoms with Crippen LogP contribution in [0.2, 0.25) is 0 Å². The van der Waals surface area contributed by atoms with E-state index < -0.39 is 0 Å². The van der Waals surface area contributed by atoms with Crippen molar-refractivity contribution in [1.82, 2.24) is 9.78 Å². The molecule has 0 aliphatic carbocycles. The van der Waals surface area contributed by atoms with E-state index in [1.54, 1.807) is 6.20 Å². The average Bonchev–Trinajstić information content (AvgIpc) is 2.69. The van der Waals surface area contributed by atoms with E-state index in [0.29, 0.717) is 6.61 Å². The molecule has 1 aromatic carbocycles. The molecular formula is C13H16N2O. The van der Waals surface area contributed by atoms with E-state index in [4.69, 9.17) is 4.74 Å². The van der Waals surface area contributed by atoms with Crippen LogP contribution in [0.1, 0.15) is 11.1 Å². The maximum Gasteiger partial charge on any atom is 0.119 e. The molecule has 16 heavy (non-hydrogen) atoms. The van der Waals surface area contributed by atoms with Gasteiger partial charge in [-0.15, -0.1) is 0 Å². The maximum absolute atomic E-state index is 5.68. The maximum atomic E-state index is 5.68. The molecule has 0 radical (unpaired) electrons. The summed E-state index contributed by atoms with van der Waals surface area (Å²) < 4.78 is 7.54. The molecule has 0 fully saturated rings. The lowest BCUT2D eigenvalue weighted by Crippen LogP contribution is -2.08. The van der Waals surface area contributed by atoms with Gasteiger partial charge in [-0.2, -0.15) is 5.10 Å². The molecule has 0 saturated carbocycles. The molecule has 1 heterocycles. The molecule has 3 heteroatoms. The van der Waals surface area contributed by atoms with Gasteiger partial charge in [0.05, 0.1) is 6.54 Å². The number of ether oxygens (including phenoxy) is 1. The predicted molar refractivity (Wildman–Crippen MR) is 63.6 cm³/mol. The number of benzene rings is 1. The van der Waals surface area contributed by atoms with E-state index in [9.17, 15) is 0 Å². The van der Waals surface area contributed by atoms with E-state index >= 15 is 0 Å². The van der Waals surface area contributed by atoms with Crippen LogP contribution in [-0.2, 0) is 6.54 Å². The zero-order chi connectivity index (χ0) is 11.4. The summed E-state index contributed by atoms with van der Waals surface area (Å²) in [5.74, 6) is 0.935. The van der Waals surface area contributed by atoms with Crippen LogP contribution in [0.3, 0.4) is 0 Å². The molecule has 2 aromatic rings. The van der Waals surface area contributed by atoms with Crippen LogP contribution in [0.15, 0.2) is 36.7 Å². The third-order valence-corrected chi connectivity index (χ3v) is 2.34. The molecular weight excluding hydrogens is 200 g/mol. The summed E-state index contributed by atoms with van der Waals surface area (Å²) in [6.07, 6.45) is 3.71. The molecule has 3 nitrogen and oxygen atoms in total.